The molecule has 0 aliphatic heterocycles. The second-order valence-corrected chi connectivity index (χ2v) is 6.09. The molecule has 112 valence electrons. The number of nitrogens with zero attached hydrogens (tertiary/aromatic N) is 1. The van der Waals surface area contributed by atoms with Gasteiger partial charge in [-0.25, -0.2) is 0 Å². The third-order valence-electron chi connectivity index (χ3n) is 3.02. The Kier molecular flexibility index (Phi) is 6.03. The largest absolute Gasteiger partial charge is 0.454 e. The lowest BCUT2D eigenvalue weighted by Crippen LogP contribution is -2.20. The standard InChI is InChI=1S/C16H18BrClN2O/c1-3-8-19-11(2)15-7-5-13(10-20-15)21-16-9-12(17)4-6-14(16)18/h4-7,9-11,19H,3,8H2,1-2H3. The molecule has 1 unspecified atom stereocenters. The molecule has 0 amide bonds. The number of hydrogen-bond donors (Lipinski definition) is 1. The molecule has 21 heavy (non-hydrogen) atoms. The van der Waals surface area contributed by atoms with Crippen LogP contribution >= 0.6 is 27.5 Å². The predicted molar refractivity (Wildman–Crippen MR) is 90.2 cm³/mol. The van der Waals surface area contributed by atoms with E-state index in [-0.39, 0.29) is 6.04 Å². The summed E-state index contributed by atoms with van der Waals surface area (Å²) < 4.78 is 6.68. The van der Waals surface area contributed by atoms with Gasteiger partial charge in [-0.15, -0.1) is 0 Å². The molecular weight excluding hydrogens is 352 g/mol. The van der Waals surface area contributed by atoms with Crippen LogP contribution in [0.1, 0.15) is 32.0 Å². The summed E-state index contributed by atoms with van der Waals surface area (Å²) in [7, 11) is 0. The summed E-state index contributed by atoms with van der Waals surface area (Å²) in [6.45, 7) is 5.23. The monoisotopic (exact) mass is 368 g/mol. The highest BCUT2D eigenvalue weighted by atomic mass is 79.9. The third kappa shape index (κ3) is 4.70. The average molecular weight is 370 g/mol. The molecule has 0 radical (unpaired) electrons. The van der Waals surface area contributed by atoms with Crippen molar-refractivity contribution in [3.8, 4) is 11.5 Å². The zero-order chi connectivity index (χ0) is 15.2. The van der Waals surface area contributed by atoms with Crippen molar-refractivity contribution in [2.75, 3.05) is 6.54 Å². The van der Waals surface area contributed by atoms with E-state index < -0.39 is 0 Å². The van der Waals surface area contributed by atoms with E-state index in [9.17, 15) is 0 Å². The fraction of sp³-hybridized carbons (Fsp3) is 0.312. The van der Waals surface area contributed by atoms with Crippen LogP contribution in [0.5, 0.6) is 11.5 Å². The van der Waals surface area contributed by atoms with Crippen LogP contribution in [0.15, 0.2) is 41.0 Å². The Morgan fingerprint density at radius 3 is 2.81 bits per heavy atom. The number of pyridine rings is 1. The van der Waals surface area contributed by atoms with E-state index in [4.69, 9.17) is 16.3 Å². The van der Waals surface area contributed by atoms with Crippen LogP contribution in [0.2, 0.25) is 5.02 Å². The van der Waals surface area contributed by atoms with Crippen molar-refractivity contribution in [1.29, 1.82) is 0 Å². The Balaban J connectivity index is 2.07. The van der Waals surface area contributed by atoms with Crippen LogP contribution in [-0.2, 0) is 0 Å². The normalized spacial score (nSPS) is 12.2. The predicted octanol–water partition coefficient (Wildman–Crippen LogP) is 5.35. The molecular formula is C16H18BrClN2O. The first kappa shape index (κ1) is 16.3. The minimum absolute atomic E-state index is 0.230. The molecule has 1 aromatic carbocycles. The molecule has 0 saturated carbocycles. The Bertz CT molecular complexity index is 589. The van der Waals surface area contributed by atoms with E-state index in [0.717, 1.165) is 23.1 Å². The summed E-state index contributed by atoms with van der Waals surface area (Å²) in [5.74, 6) is 1.28. The summed E-state index contributed by atoms with van der Waals surface area (Å²) in [6.07, 6.45) is 2.82. The quantitative estimate of drug-likeness (QED) is 0.745. The van der Waals surface area contributed by atoms with Crippen LogP contribution < -0.4 is 10.1 Å². The molecule has 1 N–H and O–H groups in total. The van der Waals surface area contributed by atoms with E-state index in [1.54, 1.807) is 12.3 Å². The lowest BCUT2D eigenvalue weighted by molar-refractivity contribution is 0.477. The molecule has 0 aliphatic rings. The van der Waals surface area contributed by atoms with Gasteiger partial charge in [0.25, 0.3) is 0 Å². The third-order valence-corrected chi connectivity index (χ3v) is 3.83. The van der Waals surface area contributed by atoms with Gasteiger partial charge in [0.05, 0.1) is 16.9 Å². The van der Waals surface area contributed by atoms with E-state index in [2.05, 4.69) is 40.1 Å². The molecule has 0 spiro atoms. The molecule has 0 fully saturated rings. The Hall–Kier alpha value is -1.10. The first-order valence-corrected chi connectivity index (χ1v) is 8.09. The van der Waals surface area contributed by atoms with E-state index in [1.807, 2.05) is 24.3 Å². The van der Waals surface area contributed by atoms with E-state index >= 15 is 0 Å². The summed E-state index contributed by atoms with van der Waals surface area (Å²) in [5.41, 5.74) is 0.996. The maximum Gasteiger partial charge on any atom is 0.147 e. The maximum atomic E-state index is 6.11. The van der Waals surface area contributed by atoms with Gasteiger partial charge in [0.2, 0.25) is 0 Å². The van der Waals surface area contributed by atoms with Crippen molar-refractivity contribution in [3.63, 3.8) is 0 Å². The molecule has 2 rings (SSSR count). The highest BCUT2D eigenvalue weighted by Crippen LogP contribution is 2.31. The first-order valence-electron chi connectivity index (χ1n) is 6.92. The van der Waals surface area contributed by atoms with Crippen LogP contribution in [0, 0.1) is 0 Å². The maximum absolute atomic E-state index is 6.11. The fourth-order valence-corrected chi connectivity index (χ4v) is 2.35. The summed E-state index contributed by atoms with van der Waals surface area (Å²) in [5, 5.41) is 3.97. The Labute approximate surface area is 138 Å². The molecule has 1 heterocycles. The number of aromatic nitrogens is 1. The van der Waals surface area contributed by atoms with Gasteiger partial charge in [-0.3, -0.25) is 4.98 Å². The number of hydrogen-bond acceptors (Lipinski definition) is 3. The van der Waals surface area contributed by atoms with Gasteiger partial charge in [0, 0.05) is 10.5 Å². The topological polar surface area (TPSA) is 34.1 Å². The number of ether oxygens (including phenoxy) is 1. The van der Waals surface area contributed by atoms with Gasteiger partial charge in [-0.1, -0.05) is 34.5 Å². The zero-order valence-electron chi connectivity index (χ0n) is 12.1. The minimum atomic E-state index is 0.230. The Morgan fingerprint density at radius 1 is 1.33 bits per heavy atom. The highest BCUT2D eigenvalue weighted by Gasteiger charge is 2.08. The van der Waals surface area contributed by atoms with Gasteiger partial charge in [-0.2, -0.15) is 0 Å². The summed E-state index contributed by atoms with van der Waals surface area (Å²) >= 11 is 9.51. The molecule has 5 heteroatoms. The molecule has 1 atom stereocenters. The van der Waals surface area contributed by atoms with Crippen molar-refractivity contribution in [2.24, 2.45) is 0 Å². The van der Waals surface area contributed by atoms with Gasteiger partial charge >= 0.3 is 0 Å². The molecule has 2 aromatic rings. The fourth-order valence-electron chi connectivity index (χ4n) is 1.86. The second kappa shape index (κ2) is 7.78. The van der Waals surface area contributed by atoms with Crippen molar-refractivity contribution >= 4 is 27.5 Å². The van der Waals surface area contributed by atoms with Crippen molar-refractivity contribution in [2.45, 2.75) is 26.3 Å². The molecule has 0 saturated heterocycles. The molecule has 0 aliphatic carbocycles. The van der Waals surface area contributed by atoms with Crippen LogP contribution in [0.3, 0.4) is 0 Å². The average Bonchev–Trinajstić information content (AvgIpc) is 2.49. The number of benzene rings is 1. The van der Waals surface area contributed by atoms with Crippen LogP contribution in [-0.4, -0.2) is 11.5 Å². The summed E-state index contributed by atoms with van der Waals surface area (Å²) in [4.78, 5) is 4.44. The van der Waals surface area contributed by atoms with Gasteiger partial charge in [0.15, 0.2) is 0 Å². The van der Waals surface area contributed by atoms with E-state index in [0.29, 0.717) is 16.5 Å². The van der Waals surface area contributed by atoms with Gasteiger partial charge in [0.1, 0.15) is 11.5 Å². The molecule has 1 aromatic heterocycles. The smallest absolute Gasteiger partial charge is 0.147 e. The van der Waals surface area contributed by atoms with Crippen LogP contribution in [0.25, 0.3) is 0 Å². The number of rotatable bonds is 6. The van der Waals surface area contributed by atoms with Crippen molar-refractivity contribution in [3.05, 3.63) is 51.7 Å². The number of nitrogens with one attached hydrogen (secondary N) is 1. The number of halogens is 2. The minimum Gasteiger partial charge on any atom is -0.454 e. The molecule has 0 bridgehead atoms. The molecule has 3 nitrogen and oxygen atoms in total. The first-order chi connectivity index (χ1) is 10.1. The lowest BCUT2D eigenvalue weighted by Gasteiger charge is -2.13. The second-order valence-electron chi connectivity index (χ2n) is 4.77. The summed E-state index contributed by atoms with van der Waals surface area (Å²) in [6, 6.07) is 9.60. The lowest BCUT2D eigenvalue weighted by atomic mass is 10.2. The highest BCUT2D eigenvalue weighted by molar-refractivity contribution is 9.10. The van der Waals surface area contributed by atoms with Gasteiger partial charge < -0.3 is 10.1 Å². The van der Waals surface area contributed by atoms with Crippen molar-refractivity contribution < 1.29 is 4.74 Å². The van der Waals surface area contributed by atoms with Crippen molar-refractivity contribution in [1.82, 2.24) is 10.3 Å². The van der Waals surface area contributed by atoms with E-state index in [1.165, 1.54) is 0 Å². The zero-order valence-corrected chi connectivity index (χ0v) is 14.4. The SMILES string of the molecule is CCCNC(C)c1ccc(Oc2cc(Br)ccc2Cl)cn1. The Morgan fingerprint density at radius 2 is 2.14 bits per heavy atom. The van der Waals surface area contributed by atoms with Crippen LogP contribution in [0.4, 0.5) is 0 Å². The van der Waals surface area contributed by atoms with Gasteiger partial charge in [-0.05, 0) is 50.2 Å².